The Kier molecular flexibility index (Phi) is 3.01. The zero-order valence-electron chi connectivity index (χ0n) is 8.13. The van der Waals surface area contributed by atoms with E-state index in [1.165, 1.54) is 0 Å². The minimum absolute atomic E-state index is 0.158. The highest BCUT2D eigenvalue weighted by molar-refractivity contribution is 5.50. The number of phenolic OH excluding ortho intramolecular Hbond substituents is 1. The molecule has 0 aromatic heterocycles. The molecule has 0 aliphatic carbocycles. The van der Waals surface area contributed by atoms with E-state index in [2.05, 4.69) is 0 Å². The van der Waals surface area contributed by atoms with E-state index in [9.17, 15) is 5.11 Å². The van der Waals surface area contributed by atoms with Crippen LogP contribution in [-0.4, -0.2) is 19.3 Å². The average Bonchev–Trinajstić information content (AvgIpc) is 2.16. The number of ether oxygens (including phenoxy) is 2. The van der Waals surface area contributed by atoms with Gasteiger partial charge >= 0.3 is 0 Å². The lowest BCUT2D eigenvalue weighted by molar-refractivity contribution is 0.377. The molecule has 1 N–H and O–H groups in total. The van der Waals surface area contributed by atoms with E-state index < -0.39 is 0 Å². The number of phenols is 1. The van der Waals surface area contributed by atoms with Crippen molar-refractivity contribution < 1.29 is 14.6 Å². The van der Waals surface area contributed by atoms with Crippen LogP contribution in [0.25, 0.3) is 0 Å². The molecule has 0 aliphatic heterocycles. The summed E-state index contributed by atoms with van der Waals surface area (Å²) in [5.74, 6) is 1.49. The number of methoxy groups -OCH3 is 2. The Balaban J connectivity index is 3.25. The van der Waals surface area contributed by atoms with Crippen molar-refractivity contribution in [3.63, 3.8) is 0 Å². The molecule has 0 aliphatic rings. The van der Waals surface area contributed by atoms with Crippen LogP contribution in [0.15, 0.2) is 12.1 Å². The monoisotopic (exact) mass is 182 g/mol. The molecule has 3 nitrogen and oxygen atoms in total. The Morgan fingerprint density at radius 1 is 1.15 bits per heavy atom. The van der Waals surface area contributed by atoms with E-state index in [0.29, 0.717) is 11.5 Å². The van der Waals surface area contributed by atoms with Gasteiger partial charge in [0.15, 0.2) is 0 Å². The van der Waals surface area contributed by atoms with Crippen molar-refractivity contribution in [3.05, 3.63) is 17.7 Å². The number of aromatic hydroxyl groups is 1. The van der Waals surface area contributed by atoms with Gasteiger partial charge in [0.05, 0.1) is 14.2 Å². The van der Waals surface area contributed by atoms with Crippen molar-refractivity contribution in [3.8, 4) is 17.2 Å². The van der Waals surface area contributed by atoms with Gasteiger partial charge in [-0.25, -0.2) is 0 Å². The Hall–Kier alpha value is -1.38. The van der Waals surface area contributed by atoms with Crippen LogP contribution in [0.3, 0.4) is 0 Å². The molecule has 0 saturated carbocycles. The van der Waals surface area contributed by atoms with Crippen LogP contribution in [0.1, 0.15) is 12.5 Å². The molecule has 13 heavy (non-hydrogen) atoms. The Labute approximate surface area is 77.9 Å². The summed E-state index contributed by atoms with van der Waals surface area (Å²) in [7, 11) is 3.15. The summed E-state index contributed by atoms with van der Waals surface area (Å²) >= 11 is 0. The third kappa shape index (κ3) is 1.86. The molecule has 0 saturated heterocycles. The zero-order valence-corrected chi connectivity index (χ0v) is 8.13. The summed E-state index contributed by atoms with van der Waals surface area (Å²) in [4.78, 5) is 0. The lowest BCUT2D eigenvalue weighted by Crippen LogP contribution is -1.95. The molecule has 0 heterocycles. The standard InChI is InChI=1S/C10H14O3/c1-4-8-9(12-2)5-7(11)6-10(8)13-3/h5-6,11H,4H2,1-3H3. The topological polar surface area (TPSA) is 38.7 Å². The second-order valence-corrected chi connectivity index (χ2v) is 2.68. The third-order valence-corrected chi connectivity index (χ3v) is 1.95. The van der Waals surface area contributed by atoms with Gasteiger partial charge in [0.1, 0.15) is 17.2 Å². The summed E-state index contributed by atoms with van der Waals surface area (Å²) in [5, 5.41) is 9.32. The summed E-state index contributed by atoms with van der Waals surface area (Å²) in [5.41, 5.74) is 0.975. The van der Waals surface area contributed by atoms with Crippen molar-refractivity contribution in [1.82, 2.24) is 0 Å². The van der Waals surface area contributed by atoms with E-state index in [4.69, 9.17) is 9.47 Å². The summed E-state index contributed by atoms with van der Waals surface area (Å²) in [6.45, 7) is 2.01. The minimum Gasteiger partial charge on any atom is -0.508 e. The normalized spacial score (nSPS) is 9.77. The SMILES string of the molecule is CCc1c(OC)cc(O)cc1OC. The van der Waals surface area contributed by atoms with Crippen LogP contribution in [-0.2, 0) is 6.42 Å². The van der Waals surface area contributed by atoms with Gasteiger partial charge in [-0.2, -0.15) is 0 Å². The van der Waals surface area contributed by atoms with Crippen molar-refractivity contribution in [1.29, 1.82) is 0 Å². The van der Waals surface area contributed by atoms with E-state index >= 15 is 0 Å². The predicted octanol–water partition coefficient (Wildman–Crippen LogP) is 1.97. The van der Waals surface area contributed by atoms with Crippen LogP contribution in [0, 0.1) is 0 Å². The van der Waals surface area contributed by atoms with E-state index in [0.717, 1.165) is 12.0 Å². The molecule has 0 spiro atoms. The number of hydrogen-bond acceptors (Lipinski definition) is 3. The van der Waals surface area contributed by atoms with Gasteiger partial charge in [0, 0.05) is 17.7 Å². The number of rotatable bonds is 3. The van der Waals surface area contributed by atoms with E-state index in [1.54, 1.807) is 26.4 Å². The lowest BCUT2D eigenvalue weighted by atomic mass is 10.1. The molecule has 72 valence electrons. The fraction of sp³-hybridized carbons (Fsp3) is 0.400. The Bertz CT molecular complexity index is 269. The maximum Gasteiger partial charge on any atom is 0.129 e. The highest BCUT2D eigenvalue weighted by Crippen LogP contribution is 2.33. The first kappa shape index (κ1) is 9.71. The molecule has 0 unspecified atom stereocenters. The maximum absolute atomic E-state index is 9.32. The van der Waals surface area contributed by atoms with Gasteiger partial charge in [-0.15, -0.1) is 0 Å². The largest absolute Gasteiger partial charge is 0.508 e. The Morgan fingerprint density at radius 3 is 1.92 bits per heavy atom. The van der Waals surface area contributed by atoms with Crippen molar-refractivity contribution in [2.24, 2.45) is 0 Å². The van der Waals surface area contributed by atoms with Gasteiger partial charge < -0.3 is 14.6 Å². The quantitative estimate of drug-likeness (QED) is 0.776. The first-order valence-electron chi connectivity index (χ1n) is 4.16. The fourth-order valence-electron chi connectivity index (χ4n) is 1.32. The van der Waals surface area contributed by atoms with Crippen molar-refractivity contribution in [2.45, 2.75) is 13.3 Å². The molecule has 0 atom stereocenters. The van der Waals surface area contributed by atoms with Crippen LogP contribution in [0.2, 0.25) is 0 Å². The summed E-state index contributed by atoms with van der Waals surface area (Å²) in [6.07, 6.45) is 0.812. The zero-order chi connectivity index (χ0) is 9.84. The van der Waals surface area contributed by atoms with Crippen LogP contribution >= 0.6 is 0 Å². The first-order chi connectivity index (χ1) is 6.22. The first-order valence-corrected chi connectivity index (χ1v) is 4.16. The number of benzene rings is 1. The average molecular weight is 182 g/mol. The molecule has 1 aromatic carbocycles. The molecule has 0 radical (unpaired) electrons. The van der Waals surface area contributed by atoms with Gasteiger partial charge in [0.2, 0.25) is 0 Å². The van der Waals surface area contributed by atoms with E-state index in [-0.39, 0.29) is 5.75 Å². The molecule has 1 aromatic rings. The maximum atomic E-state index is 9.32. The van der Waals surface area contributed by atoms with Crippen molar-refractivity contribution in [2.75, 3.05) is 14.2 Å². The van der Waals surface area contributed by atoms with Gasteiger partial charge in [0.25, 0.3) is 0 Å². The van der Waals surface area contributed by atoms with Gasteiger partial charge in [-0.3, -0.25) is 0 Å². The molecular weight excluding hydrogens is 168 g/mol. The Morgan fingerprint density at radius 2 is 1.62 bits per heavy atom. The molecular formula is C10H14O3. The minimum atomic E-state index is 0.158. The molecule has 1 rings (SSSR count). The highest BCUT2D eigenvalue weighted by Gasteiger charge is 2.09. The third-order valence-electron chi connectivity index (χ3n) is 1.95. The lowest BCUT2D eigenvalue weighted by Gasteiger charge is -2.11. The molecule has 3 heteroatoms. The molecule has 0 amide bonds. The number of hydrogen-bond donors (Lipinski definition) is 1. The summed E-state index contributed by atoms with van der Waals surface area (Å²) < 4.78 is 10.2. The predicted molar refractivity (Wildman–Crippen MR) is 50.6 cm³/mol. The second kappa shape index (κ2) is 4.03. The van der Waals surface area contributed by atoms with Crippen LogP contribution in [0.5, 0.6) is 17.2 Å². The van der Waals surface area contributed by atoms with E-state index in [1.807, 2.05) is 6.92 Å². The van der Waals surface area contributed by atoms with Crippen molar-refractivity contribution >= 4 is 0 Å². The molecule has 0 bridgehead atoms. The molecule has 0 fully saturated rings. The summed E-state index contributed by atoms with van der Waals surface area (Å²) in [6, 6.07) is 3.17. The smallest absolute Gasteiger partial charge is 0.129 e. The highest BCUT2D eigenvalue weighted by atomic mass is 16.5. The fourth-order valence-corrected chi connectivity index (χ4v) is 1.32. The second-order valence-electron chi connectivity index (χ2n) is 2.68. The van der Waals surface area contributed by atoms with Crippen LogP contribution < -0.4 is 9.47 Å². The van der Waals surface area contributed by atoms with Gasteiger partial charge in [-0.05, 0) is 6.42 Å². The van der Waals surface area contributed by atoms with Gasteiger partial charge in [-0.1, -0.05) is 6.92 Å². The van der Waals surface area contributed by atoms with Crippen LogP contribution in [0.4, 0.5) is 0 Å².